The maximum atomic E-state index is 12.9. The number of piperidine rings is 1. The topological polar surface area (TPSA) is 41.6 Å². The first-order chi connectivity index (χ1) is 14.4. The monoisotopic (exact) mass is 408 g/mol. The Bertz CT molecular complexity index is 847. The molecule has 3 atom stereocenters. The van der Waals surface area contributed by atoms with Gasteiger partial charge in [-0.15, -0.1) is 0 Å². The van der Waals surface area contributed by atoms with E-state index in [0.29, 0.717) is 6.42 Å². The highest BCUT2D eigenvalue weighted by molar-refractivity contribution is 5.81. The molecule has 30 heavy (non-hydrogen) atoms. The van der Waals surface area contributed by atoms with Crippen molar-refractivity contribution in [2.45, 2.75) is 66.0 Å². The number of hydrogen-bond donors (Lipinski definition) is 1. The van der Waals surface area contributed by atoms with Crippen LogP contribution in [0.2, 0.25) is 0 Å². The maximum absolute atomic E-state index is 12.9. The summed E-state index contributed by atoms with van der Waals surface area (Å²) in [6, 6.07) is 14.6. The highest BCUT2D eigenvalue weighted by Gasteiger charge is 2.22. The van der Waals surface area contributed by atoms with Gasteiger partial charge in [0.15, 0.2) is 6.10 Å². The van der Waals surface area contributed by atoms with Gasteiger partial charge in [0, 0.05) is 18.8 Å². The van der Waals surface area contributed by atoms with Gasteiger partial charge in [0.2, 0.25) is 0 Å². The fraction of sp³-hybridized carbons (Fsp3) is 0.500. The second-order valence-corrected chi connectivity index (χ2v) is 8.80. The van der Waals surface area contributed by atoms with Crippen LogP contribution in [0.4, 0.5) is 5.69 Å². The normalized spacial score (nSPS) is 18.6. The number of benzene rings is 2. The van der Waals surface area contributed by atoms with Crippen LogP contribution < -0.4 is 15.0 Å². The van der Waals surface area contributed by atoms with Gasteiger partial charge in [-0.1, -0.05) is 38.1 Å². The molecule has 1 fully saturated rings. The summed E-state index contributed by atoms with van der Waals surface area (Å²) in [4.78, 5) is 15.3. The summed E-state index contributed by atoms with van der Waals surface area (Å²) >= 11 is 0. The van der Waals surface area contributed by atoms with Gasteiger partial charge in [-0.25, -0.2) is 0 Å². The number of carbonyl (C=O) groups is 1. The molecule has 0 aliphatic carbocycles. The van der Waals surface area contributed by atoms with Crippen molar-refractivity contribution in [3.63, 3.8) is 0 Å². The van der Waals surface area contributed by atoms with Crippen molar-refractivity contribution in [2.75, 3.05) is 18.0 Å². The SMILES string of the molecule is CC[C@@H](Oc1cc(C)ccc1C)C(=O)N[C@@H](C)c1ccc(N2CCC[C@@H](C)C2)cc1. The Balaban J connectivity index is 1.61. The molecule has 1 heterocycles. The van der Waals surface area contributed by atoms with E-state index in [0.717, 1.165) is 41.4 Å². The molecular weight excluding hydrogens is 372 g/mol. The summed E-state index contributed by atoms with van der Waals surface area (Å²) in [7, 11) is 0. The van der Waals surface area contributed by atoms with Gasteiger partial charge in [0.25, 0.3) is 5.91 Å². The van der Waals surface area contributed by atoms with Gasteiger partial charge in [-0.05, 0) is 80.8 Å². The van der Waals surface area contributed by atoms with Crippen molar-refractivity contribution in [1.29, 1.82) is 0 Å². The zero-order valence-corrected chi connectivity index (χ0v) is 19.1. The maximum Gasteiger partial charge on any atom is 0.261 e. The first kappa shape index (κ1) is 22.2. The van der Waals surface area contributed by atoms with E-state index in [2.05, 4.69) is 47.5 Å². The predicted octanol–water partition coefficient (Wildman–Crippen LogP) is 5.57. The molecular formula is C26H36N2O2. The zero-order valence-electron chi connectivity index (χ0n) is 19.1. The zero-order chi connectivity index (χ0) is 21.7. The van der Waals surface area contributed by atoms with Crippen LogP contribution in [-0.4, -0.2) is 25.1 Å². The number of amides is 1. The summed E-state index contributed by atoms with van der Waals surface area (Å²) in [5, 5.41) is 3.13. The molecule has 0 unspecified atom stereocenters. The van der Waals surface area contributed by atoms with Crippen molar-refractivity contribution in [1.82, 2.24) is 5.32 Å². The second kappa shape index (κ2) is 10.0. The molecule has 4 heteroatoms. The highest BCUT2D eigenvalue weighted by Crippen LogP contribution is 2.25. The van der Waals surface area contributed by atoms with E-state index in [-0.39, 0.29) is 11.9 Å². The minimum Gasteiger partial charge on any atom is -0.480 e. The van der Waals surface area contributed by atoms with Crippen LogP contribution in [0.1, 0.15) is 62.8 Å². The van der Waals surface area contributed by atoms with Crippen LogP contribution >= 0.6 is 0 Å². The number of aryl methyl sites for hydroxylation is 2. The van der Waals surface area contributed by atoms with Crippen LogP contribution in [0.15, 0.2) is 42.5 Å². The average molecular weight is 409 g/mol. The third-order valence-corrected chi connectivity index (χ3v) is 6.05. The van der Waals surface area contributed by atoms with E-state index in [9.17, 15) is 4.79 Å². The molecule has 0 spiro atoms. The Morgan fingerprint density at radius 2 is 1.93 bits per heavy atom. The third-order valence-electron chi connectivity index (χ3n) is 6.05. The molecule has 1 aliphatic heterocycles. The molecule has 2 aromatic carbocycles. The van der Waals surface area contributed by atoms with E-state index in [1.54, 1.807) is 0 Å². The van der Waals surface area contributed by atoms with Gasteiger partial charge in [-0.3, -0.25) is 4.79 Å². The van der Waals surface area contributed by atoms with Crippen molar-refractivity contribution >= 4 is 11.6 Å². The molecule has 1 amide bonds. The largest absolute Gasteiger partial charge is 0.480 e. The Hall–Kier alpha value is -2.49. The molecule has 2 aromatic rings. The minimum absolute atomic E-state index is 0.0666. The van der Waals surface area contributed by atoms with Crippen LogP contribution in [0.25, 0.3) is 0 Å². The lowest BCUT2D eigenvalue weighted by molar-refractivity contribution is -0.128. The molecule has 162 valence electrons. The van der Waals surface area contributed by atoms with E-state index in [1.165, 1.54) is 18.5 Å². The standard InChI is InChI=1S/C26H36N2O2/c1-6-24(30-25-16-18(2)9-10-20(25)4)26(29)27-21(5)22-11-13-23(14-12-22)28-15-7-8-19(3)17-28/h9-14,16,19,21,24H,6-8,15,17H2,1-5H3,(H,27,29)/t19-,21+,24-/m1/s1. The van der Waals surface area contributed by atoms with Crippen molar-refractivity contribution in [3.8, 4) is 5.75 Å². The number of anilines is 1. The first-order valence-corrected chi connectivity index (χ1v) is 11.3. The number of nitrogens with zero attached hydrogens (tertiary/aromatic N) is 1. The molecule has 0 saturated carbocycles. The molecule has 4 nitrogen and oxygen atoms in total. The molecule has 3 rings (SSSR count). The van der Waals surface area contributed by atoms with E-state index in [1.807, 2.05) is 39.8 Å². The predicted molar refractivity (Wildman–Crippen MR) is 124 cm³/mol. The number of carbonyl (C=O) groups excluding carboxylic acids is 1. The van der Waals surface area contributed by atoms with Crippen molar-refractivity contribution in [2.24, 2.45) is 5.92 Å². The fourth-order valence-corrected chi connectivity index (χ4v) is 4.10. The van der Waals surface area contributed by atoms with E-state index in [4.69, 9.17) is 4.74 Å². The lowest BCUT2D eigenvalue weighted by atomic mass is 9.99. The summed E-state index contributed by atoms with van der Waals surface area (Å²) < 4.78 is 6.06. The Morgan fingerprint density at radius 3 is 2.60 bits per heavy atom. The summed E-state index contributed by atoms with van der Waals surface area (Å²) in [6.45, 7) is 12.6. The lowest BCUT2D eigenvalue weighted by Crippen LogP contribution is -2.39. The average Bonchev–Trinajstić information content (AvgIpc) is 2.74. The number of ether oxygens (including phenoxy) is 1. The first-order valence-electron chi connectivity index (χ1n) is 11.3. The van der Waals surface area contributed by atoms with Gasteiger partial charge in [0.1, 0.15) is 5.75 Å². The Morgan fingerprint density at radius 1 is 1.20 bits per heavy atom. The molecule has 1 aliphatic rings. The van der Waals surface area contributed by atoms with Crippen LogP contribution in [0.5, 0.6) is 5.75 Å². The lowest BCUT2D eigenvalue weighted by Gasteiger charge is -2.33. The van der Waals surface area contributed by atoms with Gasteiger partial charge in [-0.2, -0.15) is 0 Å². The number of nitrogens with one attached hydrogen (secondary N) is 1. The van der Waals surface area contributed by atoms with Crippen LogP contribution in [0.3, 0.4) is 0 Å². The van der Waals surface area contributed by atoms with Crippen molar-refractivity contribution < 1.29 is 9.53 Å². The summed E-state index contributed by atoms with van der Waals surface area (Å²) in [5.41, 5.74) is 4.55. The van der Waals surface area contributed by atoms with Gasteiger partial charge in [0.05, 0.1) is 6.04 Å². The summed E-state index contributed by atoms with van der Waals surface area (Å²) in [6.07, 6.45) is 2.70. The van der Waals surface area contributed by atoms with Crippen LogP contribution in [0, 0.1) is 19.8 Å². The molecule has 0 aromatic heterocycles. The Labute approximate surface area is 181 Å². The smallest absolute Gasteiger partial charge is 0.261 e. The molecule has 1 N–H and O–H groups in total. The quantitative estimate of drug-likeness (QED) is 0.651. The van der Waals surface area contributed by atoms with Crippen LogP contribution in [-0.2, 0) is 4.79 Å². The number of hydrogen-bond acceptors (Lipinski definition) is 3. The van der Waals surface area contributed by atoms with E-state index >= 15 is 0 Å². The number of rotatable bonds is 7. The van der Waals surface area contributed by atoms with E-state index < -0.39 is 6.10 Å². The Kier molecular flexibility index (Phi) is 7.41. The van der Waals surface area contributed by atoms with Gasteiger partial charge >= 0.3 is 0 Å². The van der Waals surface area contributed by atoms with Crippen molar-refractivity contribution in [3.05, 3.63) is 59.2 Å². The minimum atomic E-state index is -0.498. The second-order valence-electron chi connectivity index (χ2n) is 8.80. The summed E-state index contributed by atoms with van der Waals surface area (Å²) in [5.74, 6) is 1.46. The third kappa shape index (κ3) is 5.56. The fourth-order valence-electron chi connectivity index (χ4n) is 4.10. The molecule has 1 saturated heterocycles. The molecule has 0 radical (unpaired) electrons. The van der Waals surface area contributed by atoms with Gasteiger partial charge < -0.3 is 15.0 Å². The highest BCUT2D eigenvalue weighted by atomic mass is 16.5. The molecule has 0 bridgehead atoms.